The summed E-state index contributed by atoms with van der Waals surface area (Å²) in [6.45, 7) is 6.51. The van der Waals surface area contributed by atoms with Crippen molar-refractivity contribution in [3.05, 3.63) is 36.5 Å². The minimum absolute atomic E-state index is 0.0890. The van der Waals surface area contributed by atoms with Crippen molar-refractivity contribution in [2.45, 2.75) is 13.1 Å². The zero-order valence-electron chi connectivity index (χ0n) is 9.94. The van der Waals surface area contributed by atoms with Crippen LogP contribution in [0, 0.1) is 6.58 Å². The zero-order chi connectivity index (χ0) is 14.5. The highest BCUT2D eigenvalue weighted by Crippen LogP contribution is 2.24. The van der Waals surface area contributed by atoms with Gasteiger partial charge in [-0.1, -0.05) is 6.07 Å². The molecule has 1 rings (SSSR count). The first-order valence-electron chi connectivity index (χ1n) is 5.23. The largest absolute Gasteiger partial charge is 0.462 e. The average molecular weight is 271 g/mol. The Bertz CT molecular complexity index is 495. The van der Waals surface area contributed by atoms with E-state index >= 15 is 0 Å². The van der Waals surface area contributed by atoms with E-state index in [9.17, 15) is 18.0 Å². The van der Waals surface area contributed by atoms with E-state index in [0.717, 1.165) is 0 Å². The van der Waals surface area contributed by atoms with Gasteiger partial charge in [-0.05, 0) is 25.6 Å². The molecular formula is C12H10F3N2O2. The molecule has 1 heterocycles. The number of carbonyl (C=O) groups is 1. The highest BCUT2D eigenvalue weighted by molar-refractivity contribution is 6.21. The molecule has 0 fully saturated rings. The Kier molecular flexibility index (Phi) is 4.80. The van der Waals surface area contributed by atoms with Crippen LogP contribution in [-0.2, 0) is 9.53 Å². The lowest BCUT2D eigenvalue weighted by Crippen LogP contribution is -2.29. The third-order valence-corrected chi connectivity index (χ3v) is 1.89. The molecule has 0 unspecified atom stereocenters. The van der Waals surface area contributed by atoms with Crippen molar-refractivity contribution in [2.24, 2.45) is 4.99 Å². The van der Waals surface area contributed by atoms with E-state index in [2.05, 4.69) is 14.7 Å². The Morgan fingerprint density at radius 1 is 1.47 bits per heavy atom. The van der Waals surface area contributed by atoms with Crippen LogP contribution in [0.25, 0.3) is 0 Å². The van der Waals surface area contributed by atoms with Crippen LogP contribution in [0.5, 0.6) is 0 Å². The highest BCUT2D eigenvalue weighted by atomic mass is 19.4. The van der Waals surface area contributed by atoms with E-state index in [0.29, 0.717) is 0 Å². The summed E-state index contributed by atoms with van der Waals surface area (Å²) >= 11 is 0. The number of alkyl halides is 3. The molecule has 0 amide bonds. The number of halogens is 3. The molecule has 19 heavy (non-hydrogen) atoms. The predicted molar refractivity (Wildman–Crippen MR) is 61.8 cm³/mol. The summed E-state index contributed by atoms with van der Waals surface area (Å²) in [7, 11) is 0. The number of ether oxygens (including phenoxy) is 1. The summed E-state index contributed by atoms with van der Waals surface area (Å²) in [5.41, 5.74) is -2.62. The van der Waals surface area contributed by atoms with Gasteiger partial charge in [-0.2, -0.15) is 13.2 Å². The third-order valence-electron chi connectivity index (χ3n) is 1.89. The minimum atomic E-state index is -4.88. The second-order valence-corrected chi connectivity index (χ2v) is 3.28. The van der Waals surface area contributed by atoms with Crippen molar-refractivity contribution in [3.63, 3.8) is 0 Å². The molecule has 1 aromatic heterocycles. The molecule has 0 saturated heterocycles. The number of hydrogen-bond acceptors (Lipinski definition) is 4. The van der Waals surface area contributed by atoms with E-state index in [1.165, 1.54) is 31.3 Å². The van der Waals surface area contributed by atoms with Crippen LogP contribution in [0.1, 0.15) is 6.92 Å². The maximum atomic E-state index is 12.8. The Hall–Kier alpha value is -2.18. The molecule has 1 aromatic rings. The van der Waals surface area contributed by atoms with Crippen molar-refractivity contribution >= 4 is 17.5 Å². The molecular weight excluding hydrogens is 261 g/mol. The Labute approximate surface area is 107 Å². The first kappa shape index (κ1) is 14.9. The van der Waals surface area contributed by atoms with Crippen molar-refractivity contribution in [3.8, 4) is 0 Å². The summed E-state index contributed by atoms with van der Waals surface area (Å²) in [4.78, 5) is 18.1. The average Bonchev–Trinajstić information content (AvgIpc) is 2.35. The van der Waals surface area contributed by atoms with Crippen molar-refractivity contribution in [1.82, 2.24) is 4.98 Å². The molecule has 1 radical (unpaired) electrons. The van der Waals surface area contributed by atoms with Gasteiger partial charge in [0.2, 0.25) is 0 Å². The van der Waals surface area contributed by atoms with E-state index in [4.69, 9.17) is 6.58 Å². The molecule has 0 aliphatic heterocycles. The lowest BCUT2D eigenvalue weighted by atomic mass is 10.1. The topological polar surface area (TPSA) is 51.5 Å². The molecule has 0 aliphatic rings. The van der Waals surface area contributed by atoms with Gasteiger partial charge in [-0.25, -0.2) is 14.8 Å². The van der Waals surface area contributed by atoms with Crippen molar-refractivity contribution < 1.29 is 22.7 Å². The van der Waals surface area contributed by atoms with Gasteiger partial charge in [-0.15, -0.1) is 0 Å². The SMILES string of the molecule is [CH]=C(C(=O)OCC)C(=Nc1ccccn1)C(F)(F)F. The zero-order valence-corrected chi connectivity index (χ0v) is 9.94. The van der Waals surface area contributed by atoms with Crippen molar-refractivity contribution in [2.75, 3.05) is 6.61 Å². The fourth-order valence-corrected chi connectivity index (χ4v) is 1.12. The quantitative estimate of drug-likeness (QED) is 0.480. The van der Waals surface area contributed by atoms with Gasteiger partial charge < -0.3 is 4.74 Å². The van der Waals surface area contributed by atoms with Crippen LogP contribution in [-0.4, -0.2) is 29.4 Å². The Balaban J connectivity index is 3.14. The number of nitrogens with zero attached hydrogens (tertiary/aromatic N) is 2. The molecule has 0 aromatic carbocycles. The molecule has 101 valence electrons. The number of pyridine rings is 1. The highest BCUT2D eigenvalue weighted by Gasteiger charge is 2.40. The fraction of sp³-hybridized carbons (Fsp3) is 0.250. The van der Waals surface area contributed by atoms with Gasteiger partial charge >= 0.3 is 12.1 Å². The maximum Gasteiger partial charge on any atom is 0.434 e. The van der Waals surface area contributed by atoms with Crippen molar-refractivity contribution in [1.29, 1.82) is 0 Å². The first-order chi connectivity index (χ1) is 8.86. The van der Waals surface area contributed by atoms with Gasteiger partial charge in [0.1, 0.15) is 0 Å². The molecule has 0 aliphatic carbocycles. The van der Waals surface area contributed by atoms with Crippen LogP contribution in [0.3, 0.4) is 0 Å². The van der Waals surface area contributed by atoms with Gasteiger partial charge in [0.25, 0.3) is 0 Å². The molecule has 7 heteroatoms. The summed E-state index contributed by atoms with van der Waals surface area (Å²) in [6.07, 6.45) is -3.61. The lowest BCUT2D eigenvalue weighted by molar-refractivity contribution is -0.138. The normalized spacial score (nSPS) is 12.1. The van der Waals surface area contributed by atoms with Crippen LogP contribution in [0.15, 0.2) is 35.0 Å². The Morgan fingerprint density at radius 3 is 2.63 bits per heavy atom. The maximum absolute atomic E-state index is 12.8. The molecule has 0 saturated carbocycles. The Morgan fingerprint density at radius 2 is 2.16 bits per heavy atom. The predicted octanol–water partition coefficient (Wildman–Crippen LogP) is 2.64. The number of aliphatic imine (C=N–C) groups is 1. The second-order valence-electron chi connectivity index (χ2n) is 3.28. The molecule has 0 atom stereocenters. The van der Waals surface area contributed by atoms with E-state index < -0.39 is 23.4 Å². The smallest absolute Gasteiger partial charge is 0.434 e. The molecule has 0 bridgehead atoms. The number of hydrogen-bond donors (Lipinski definition) is 0. The van der Waals surface area contributed by atoms with Crippen LogP contribution in [0.4, 0.5) is 19.0 Å². The molecule has 0 N–H and O–H groups in total. The van der Waals surface area contributed by atoms with Gasteiger partial charge in [0.05, 0.1) is 12.2 Å². The monoisotopic (exact) mass is 271 g/mol. The first-order valence-corrected chi connectivity index (χ1v) is 5.23. The van der Waals surface area contributed by atoms with Crippen LogP contribution in [0.2, 0.25) is 0 Å². The van der Waals surface area contributed by atoms with Gasteiger partial charge in [0, 0.05) is 6.20 Å². The molecule has 0 spiro atoms. The molecule has 4 nitrogen and oxygen atoms in total. The number of esters is 1. The summed E-state index contributed by atoms with van der Waals surface area (Å²) in [5, 5.41) is 0. The summed E-state index contributed by atoms with van der Waals surface area (Å²) in [6, 6.07) is 4.23. The fourth-order valence-electron chi connectivity index (χ4n) is 1.12. The van der Waals surface area contributed by atoms with Gasteiger partial charge in [-0.3, -0.25) is 0 Å². The summed E-state index contributed by atoms with van der Waals surface area (Å²) in [5.74, 6) is -1.48. The van der Waals surface area contributed by atoms with E-state index in [1.54, 1.807) is 0 Å². The van der Waals surface area contributed by atoms with Crippen LogP contribution < -0.4 is 0 Å². The third kappa shape index (κ3) is 4.20. The van der Waals surface area contributed by atoms with E-state index in [-0.39, 0.29) is 12.4 Å². The van der Waals surface area contributed by atoms with E-state index in [1.807, 2.05) is 0 Å². The van der Waals surface area contributed by atoms with Gasteiger partial charge in [0.15, 0.2) is 11.5 Å². The number of aromatic nitrogens is 1. The second kappa shape index (κ2) is 6.12. The standard InChI is InChI=1S/C12H10F3N2O2/c1-3-19-11(18)8(2)10(12(13,14)15)17-9-6-4-5-7-16-9/h2,4-7H,3H2,1H3. The van der Waals surface area contributed by atoms with Crippen LogP contribution >= 0.6 is 0 Å². The lowest BCUT2D eigenvalue weighted by Gasteiger charge is -2.11. The summed E-state index contributed by atoms with van der Waals surface area (Å²) < 4.78 is 42.8. The number of rotatable bonds is 4. The minimum Gasteiger partial charge on any atom is -0.462 e. The number of carbonyl (C=O) groups excluding carboxylic acids is 1.